The second-order valence-electron chi connectivity index (χ2n) is 10.3. The van der Waals surface area contributed by atoms with Crippen molar-refractivity contribution < 1.29 is 14.3 Å². The highest BCUT2D eigenvalue weighted by atomic mass is 16.6. The number of piperazine rings is 1. The number of rotatable bonds is 6. The van der Waals surface area contributed by atoms with Gasteiger partial charge in [-0.05, 0) is 51.3 Å². The third-order valence-electron chi connectivity index (χ3n) is 6.18. The zero-order valence-corrected chi connectivity index (χ0v) is 22.5. The Hall–Kier alpha value is -3.55. The zero-order valence-electron chi connectivity index (χ0n) is 22.5. The third kappa shape index (κ3) is 5.48. The molecule has 0 saturated carbocycles. The maximum absolute atomic E-state index is 13.6. The molecule has 0 unspecified atom stereocenters. The highest BCUT2D eigenvalue weighted by molar-refractivity contribution is 5.78. The number of nitrogens with zero attached hydrogens (tertiary/aromatic N) is 4. The number of anilines is 1. The number of carbonyl (C=O) groups is 1. The number of ether oxygens (including phenoxy) is 2. The van der Waals surface area contributed by atoms with E-state index in [-0.39, 0.29) is 18.1 Å². The quantitative estimate of drug-likeness (QED) is 0.523. The Balaban J connectivity index is 2.12. The summed E-state index contributed by atoms with van der Waals surface area (Å²) in [4.78, 5) is 34.4. The largest absolute Gasteiger partial charge is 0.497 e. The van der Waals surface area contributed by atoms with Gasteiger partial charge in [0, 0.05) is 25.7 Å². The lowest BCUT2D eigenvalue weighted by molar-refractivity contribution is 0.0218. The molecule has 0 aliphatic carbocycles. The highest BCUT2D eigenvalue weighted by Gasteiger charge is 2.33. The van der Waals surface area contributed by atoms with E-state index in [2.05, 4.69) is 32.0 Å². The van der Waals surface area contributed by atoms with E-state index < -0.39 is 11.3 Å². The summed E-state index contributed by atoms with van der Waals surface area (Å²) in [7, 11) is 1.54. The minimum atomic E-state index is -0.571. The SMILES string of the molecule is C=Cc1c(C(=C)OC)c(N2CCN(C(=O)OC(C)(C)C)C[C@@H]2C)nc(=O)n1-c1ccccc1C(C)C. The van der Waals surface area contributed by atoms with Crippen LogP contribution in [0.3, 0.4) is 0 Å². The molecule has 2 heterocycles. The smallest absolute Gasteiger partial charge is 0.410 e. The van der Waals surface area contributed by atoms with Gasteiger partial charge in [0.25, 0.3) is 0 Å². The number of hydrogen-bond acceptors (Lipinski definition) is 6. The molecule has 194 valence electrons. The first kappa shape index (κ1) is 27.0. The average molecular weight is 495 g/mol. The predicted octanol–water partition coefficient (Wildman–Crippen LogP) is 5.06. The van der Waals surface area contributed by atoms with Gasteiger partial charge in [-0.2, -0.15) is 4.98 Å². The van der Waals surface area contributed by atoms with Crippen LogP contribution < -0.4 is 10.6 Å². The molecule has 2 aromatic rings. The monoisotopic (exact) mass is 494 g/mol. The molecule has 8 heteroatoms. The molecular weight excluding hydrogens is 456 g/mol. The van der Waals surface area contributed by atoms with Gasteiger partial charge in [0.15, 0.2) is 0 Å². The van der Waals surface area contributed by atoms with Crippen molar-refractivity contribution in [1.82, 2.24) is 14.5 Å². The lowest BCUT2D eigenvalue weighted by Gasteiger charge is -2.41. The van der Waals surface area contributed by atoms with Gasteiger partial charge in [0.05, 0.1) is 24.1 Å². The molecule has 0 N–H and O–H groups in total. The summed E-state index contributed by atoms with van der Waals surface area (Å²) in [5.41, 5.74) is 1.94. The van der Waals surface area contributed by atoms with Gasteiger partial charge in [-0.25, -0.2) is 9.59 Å². The molecule has 0 radical (unpaired) electrons. The molecule has 1 fully saturated rings. The van der Waals surface area contributed by atoms with E-state index in [4.69, 9.17) is 9.47 Å². The third-order valence-corrected chi connectivity index (χ3v) is 6.18. The number of carbonyl (C=O) groups excluding carboxylic acids is 1. The lowest BCUT2D eigenvalue weighted by Crippen LogP contribution is -2.55. The first-order valence-electron chi connectivity index (χ1n) is 12.3. The van der Waals surface area contributed by atoms with E-state index in [9.17, 15) is 9.59 Å². The highest BCUT2D eigenvalue weighted by Crippen LogP contribution is 2.33. The molecule has 1 aromatic heterocycles. The van der Waals surface area contributed by atoms with Crippen LogP contribution in [0, 0.1) is 0 Å². The van der Waals surface area contributed by atoms with Crippen molar-refractivity contribution in [2.45, 2.75) is 59.1 Å². The van der Waals surface area contributed by atoms with Crippen LogP contribution in [0.1, 0.15) is 64.3 Å². The second kappa shape index (κ2) is 10.6. The molecule has 1 aliphatic heterocycles. The molecule has 1 aliphatic rings. The van der Waals surface area contributed by atoms with Crippen LogP contribution in [-0.4, -0.2) is 58.9 Å². The van der Waals surface area contributed by atoms with Crippen LogP contribution in [0.25, 0.3) is 17.5 Å². The van der Waals surface area contributed by atoms with Crippen LogP contribution in [0.5, 0.6) is 0 Å². The fourth-order valence-corrected chi connectivity index (χ4v) is 4.47. The molecule has 1 saturated heterocycles. The van der Waals surface area contributed by atoms with E-state index in [1.54, 1.807) is 22.7 Å². The van der Waals surface area contributed by atoms with Crippen LogP contribution >= 0.6 is 0 Å². The fourth-order valence-electron chi connectivity index (χ4n) is 4.47. The Morgan fingerprint density at radius 3 is 2.44 bits per heavy atom. The number of amides is 1. The summed E-state index contributed by atoms with van der Waals surface area (Å²) in [5, 5.41) is 0. The van der Waals surface area contributed by atoms with Gasteiger partial charge in [-0.3, -0.25) is 4.57 Å². The van der Waals surface area contributed by atoms with E-state index in [0.717, 1.165) is 11.3 Å². The van der Waals surface area contributed by atoms with Gasteiger partial charge >= 0.3 is 11.8 Å². The van der Waals surface area contributed by atoms with Gasteiger partial charge in [-0.15, -0.1) is 0 Å². The molecule has 0 bridgehead atoms. The number of para-hydroxylation sites is 1. The van der Waals surface area contributed by atoms with Crippen molar-refractivity contribution in [1.29, 1.82) is 0 Å². The Bertz CT molecular complexity index is 1210. The first-order chi connectivity index (χ1) is 16.9. The number of methoxy groups -OCH3 is 1. The maximum Gasteiger partial charge on any atom is 0.410 e. The Morgan fingerprint density at radius 1 is 1.22 bits per heavy atom. The minimum Gasteiger partial charge on any atom is -0.497 e. The van der Waals surface area contributed by atoms with Crippen molar-refractivity contribution in [3.8, 4) is 5.69 Å². The lowest BCUT2D eigenvalue weighted by atomic mass is 10.0. The van der Waals surface area contributed by atoms with Gasteiger partial charge in [0.2, 0.25) is 0 Å². The van der Waals surface area contributed by atoms with Crippen molar-refractivity contribution in [3.63, 3.8) is 0 Å². The summed E-state index contributed by atoms with van der Waals surface area (Å²) in [6, 6.07) is 7.65. The summed E-state index contributed by atoms with van der Waals surface area (Å²) in [6.45, 7) is 21.1. The van der Waals surface area contributed by atoms with E-state index in [0.29, 0.717) is 42.5 Å². The average Bonchev–Trinajstić information content (AvgIpc) is 2.81. The fraction of sp³-hybridized carbons (Fsp3) is 0.464. The Kier molecular flexibility index (Phi) is 7.96. The predicted molar refractivity (Wildman–Crippen MR) is 145 cm³/mol. The summed E-state index contributed by atoms with van der Waals surface area (Å²) >= 11 is 0. The maximum atomic E-state index is 13.6. The van der Waals surface area contributed by atoms with E-state index in [1.165, 1.54) is 0 Å². The van der Waals surface area contributed by atoms with Crippen LogP contribution in [-0.2, 0) is 9.47 Å². The molecule has 8 nitrogen and oxygen atoms in total. The topological polar surface area (TPSA) is 76.9 Å². The van der Waals surface area contributed by atoms with Crippen molar-refractivity contribution in [3.05, 3.63) is 64.7 Å². The molecule has 1 amide bonds. The van der Waals surface area contributed by atoms with Gasteiger partial charge in [-0.1, -0.05) is 45.2 Å². The zero-order chi connectivity index (χ0) is 26.8. The number of hydrogen-bond donors (Lipinski definition) is 0. The van der Waals surface area contributed by atoms with E-state index in [1.807, 2.05) is 56.9 Å². The molecule has 1 atom stereocenters. The molecule has 1 aromatic carbocycles. The van der Waals surface area contributed by atoms with Crippen LogP contribution in [0.2, 0.25) is 0 Å². The molecule has 3 rings (SSSR count). The van der Waals surface area contributed by atoms with E-state index >= 15 is 0 Å². The Labute approximate surface area is 213 Å². The minimum absolute atomic E-state index is 0.127. The second-order valence-corrected chi connectivity index (χ2v) is 10.3. The van der Waals surface area contributed by atoms with Crippen LogP contribution in [0.4, 0.5) is 10.6 Å². The number of benzene rings is 1. The van der Waals surface area contributed by atoms with Crippen molar-refractivity contribution in [2.24, 2.45) is 0 Å². The molecular formula is C28H38N4O4. The first-order valence-corrected chi connectivity index (χ1v) is 12.3. The summed E-state index contributed by atoms with van der Waals surface area (Å²) in [5.74, 6) is 1.04. The van der Waals surface area contributed by atoms with Gasteiger partial charge in [0.1, 0.15) is 17.2 Å². The van der Waals surface area contributed by atoms with Crippen molar-refractivity contribution >= 4 is 23.7 Å². The van der Waals surface area contributed by atoms with Crippen molar-refractivity contribution in [2.75, 3.05) is 31.6 Å². The van der Waals surface area contributed by atoms with Crippen LogP contribution in [0.15, 0.2) is 42.2 Å². The summed E-state index contributed by atoms with van der Waals surface area (Å²) < 4.78 is 12.7. The Morgan fingerprint density at radius 2 is 1.89 bits per heavy atom. The number of aromatic nitrogens is 2. The molecule has 0 spiro atoms. The van der Waals surface area contributed by atoms with Gasteiger partial charge < -0.3 is 19.3 Å². The molecule has 36 heavy (non-hydrogen) atoms. The normalized spacial score (nSPS) is 16.2. The summed E-state index contributed by atoms with van der Waals surface area (Å²) in [6.07, 6.45) is 1.29. The standard InChI is InChI=1S/C28H38N4O4/c1-10-22-24(20(5)35-9)25(29-26(33)32(22)23-14-12-11-13-21(23)18(2)3)31-16-15-30(17-19(31)4)27(34)36-28(6,7)8/h10-14,18-19H,1,5,15-17H2,2-4,6-9H3/t19-/m0/s1.